The lowest BCUT2D eigenvalue weighted by atomic mass is 9.98. The van der Waals surface area contributed by atoms with Crippen molar-refractivity contribution in [1.82, 2.24) is 10.6 Å². The van der Waals surface area contributed by atoms with E-state index in [9.17, 15) is 24.3 Å². The van der Waals surface area contributed by atoms with Gasteiger partial charge < -0.3 is 24.6 Å². The smallest absolute Gasteiger partial charge is 0.340 e. The van der Waals surface area contributed by atoms with Crippen molar-refractivity contribution in [3.63, 3.8) is 0 Å². The Balaban J connectivity index is 1.59. The molecule has 4 aromatic rings. The maximum Gasteiger partial charge on any atom is 0.340 e. The Morgan fingerprint density at radius 1 is 0.946 bits per heavy atom. The summed E-state index contributed by atoms with van der Waals surface area (Å²) in [5.41, 5.74) is 2.99. The highest BCUT2D eigenvalue weighted by Crippen LogP contribution is 2.37. The zero-order valence-electron chi connectivity index (χ0n) is 21.0. The van der Waals surface area contributed by atoms with Gasteiger partial charge in [-0.2, -0.15) is 0 Å². The maximum absolute atomic E-state index is 12.7. The van der Waals surface area contributed by atoms with Gasteiger partial charge in [-0.25, -0.2) is 9.59 Å². The second-order valence-corrected chi connectivity index (χ2v) is 9.32. The summed E-state index contributed by atoms with van der Waals surface area (Å²) in [5, 5.41) is 15.6. The molecule has 2 aromatic carbocycles. The molecule has 9 nitrogen and oxygen atoms in total. The molecule has 0 spiro atoms. The van der Waals surface area contributed by atoms with E-state index in [4.69, 9.17) is 8.83 Å². The molecule has 1 atom stereocenters. The predicted molar refractivity (Wildman–Crippen MR) is 138 cm³/mol. The van der Waals surface area contributed by atoms with Gasteiger partial charge in [0, 0.05) is 22.4 Å². The van der Waals surface area contributed by atoms with E-state index in [1.54, 1.807) is 26.8 Å². The van der Waals surface area contributed by atoms with Crippen molar-refractivity contribution < 1.29 is 28.3 Å². The third-order valence-electron chi connectivity index (χ3n) is 6.37. The minimum atomic E-state index is -1.16. The summed E-state index contributed by atoms with van der Waals surface area (Å²) in [6, 6.07) is 12.3. The number of furan rings is 1. The minimum absolute atomic E-state index is 0.178. The van der Waals surface area contributed by atoms with Crippen molar-refractivity contribution in [1.29, 1.82) is 0 Å². The van der Waals surface area contributed by atoms with E-state index in [0.29, 0.717) is 22.1 Å². The van der Waals surface area contributed by atoms with Crippen LogP contribution in [0.3, 0.4) is 0 Å². The van der Waals surface area contributed by atoms with Crippen molar-refractivity contribution >= 4 is 39.7 Å². The zero-order chi connectivity index (χ0) is 26.9. The maximum atomic E-state index is 12.7. The van der Waals surface area contributed by atoms with Crippen LogP contribution in [0.25, 0.3) is 33.1 Å². The van der Waals surface area contributed by atoms with Crippen molar-refractivity contribution in [3.05, 3.63) is 69.8 Å². The van der Waals surface area contributed by atoms with E-state index < -0.39 is 36.0 Å². The number of rotatable bonds is 8. The summed E-state index contributed by atoms with van der Waals surface area (Å²) in [6.07, 6.45) is -0.294. The van der Waals surface area contributed by atoms with Crippen LogP contribution >= 0.6 is 0 Å². The molecule has 3 N–H and O–H groups in total. The Kier molecular flexibility index (Phi) is 7.15. The summed E-state index contributed by atoms with van der Waals surface area (Å²) in [5.74, 6) is -1.95. The first-order chi connectivity index (χ1) is 17.6. The molecule has 1 unspecified atom stereocenters. The Labute approximate surface area is 212 Å². The molecular formula is C28H28N2O7. The van der Waals surface area contributed by atoms with E-state index in [2.05, 4.69) is 10.6 Å². The second-order valence-electron chi connectivity index (χ2n) is 9.32. The lowest BCUT2D eigenvalue weighted by Gasteiger charge is -2.18. The lowest BCUT2D eigenvalue weighted by molar-refractivity contribution is -0.143. The molecule has 2 heterocycles. The fraction of sp³-hybridized carbons (Fsp3) is 0.286. The Bertz CT molecular complexity index is 1560. The third kappa shape index (κ3) is 5.25. The van der Waals surface area contributed by atoms with Crippen molar-refractivity contribution in [2.45, 2.75) is 40.2 Å². The van der Waals surface area contributed by atoms with E-state index in [1.165, 1.54) is 0 Å². The number of nitrogens with one attached hydrogen (secondary N) is 2. The van der Waals surface area contributed by atoms with Crippen LogP contribution in [0.4, 0.5) is 0 Å². The largest absolute Gasteiger partial charge is 0.480 e. The summed E-state index contributed by atoms with van der Waals surface area (Å²) >= 11 is 0. The van der Waals surface area contributed by atoms with Gasteiger partial charge >= 0.3 is 11.6 Å². The van der Waals surface area contributed by atoms with Gasteiger partial charge in [-0.05, 0) is 37.0 Å². The van der Waals surface area contributed by atoms with Crippen molar-refractivity contribution in [2.75, 3.05) is 6.54 Å². The Morgan fingerprint density at radius 3 is 2.27 bits per heavy atom. The number of aliphatic carboxylic acids is 1. The number of benzene rings is 2. The van der Waals surface area contributed by atoms with Gasteiger partial charge in [-0.1, -0.05) is 44.2 Å². The Morgan fingerprint density at radius 2 is 1.62 bits per heavy atom. The molecule has 0 saturated carbocycles. The fourth-order valence-electron chi connectivity index (χ4n) is 4.41. The topological polar surface area (TPSA) is 139 Å². The highest BCUT2D eigenvalue weighted by Gasteiger charge is 2.24. The van der Waals surface area contributed by atoms with E-state index >= 15 is 0 Å². The standard InChI is InChI=1S/C28H28N2O7/c1-14(2)26(27(33)34)30-24(32)13-29-23(31)11-19-15(3)18-10-20-22(12-21(18)37-28(19)35)36-16(4)25(20)17-8-6-5-7-9-17/h5-10,12,14,26H,11,13H2,1-4H3,(H,29,31)(H,30,32)(H,33,34). The fourth-order valence-corrected chi connectivity index (χ4v) is 4.41. The first kappa shape index (κ1) is 25.7. The van der Waals surface area contributed by atoms with E-state index in [0.717, 1.165) is 22.3 Å². The van der Waals surface area contributed by atoms with Crippen molar-refractivity contribution in [3.8, 4) is 11.1 Å². The second kappa shape index (κ2) is 10.3. The number of aryl methyl sites for hydroxylation is 2. The first-order valence-electron chi connectivity index (χ1n) is 11.9. The van der Waals surface area contributed by atoms with E-state index in [1.807, 2.05) is 43.3 Å². The van der Waals surface area contributed by atoms with Crippen LogP contribution in [-0.2, 0) is 20.8 Å². The van der Waals surface area contributed by atoms with Gasteiger partial charge in [0.05, 0.1) is 18.5 Å². The molecule has 0 bridgehead atoms. The third-order valence-corrected chi connectivity index (χ3v) is 6.37. The average molecular weight is 505 g/mol. The summed E-state index contributed by atoms with van der Waals surface area (Å²) in [4.78, 5) is 48.7. The molecular weight excluding hydrogens is 476 g/mol. The van der Waals surface area contributed by atoms with Crippen LogP contribution in [0, 0.1) is 19.8 Å². The van der Waals surface area contributed by atoms with Gasteiger partial charge in [-0.3, -0.25) is 9.59 Å². The molecule has 37 heavy (non-hydrogen) atoms. The predicted octanol–water partition coefficient (Wildman–Crippen LogP) is 3.71. The van der Waals surface area contributed by atoms with Crippen LogP contribution in [0.2, 0.25) is 0 Å². The molecule has 0 aliphatic rings. The van der Waals surface area contributed by atoms with Crippen LogP contribution in [0.1, 0.15) is 30.7 Å². The molecule has 0 saturated heterocycles. The number of carbonyl (C=O) groups is 3. The van der Waals surface area contributed by atoms with Crippen LogP contribution < -0.4 is 16.3 Å². The summed E-state index contributed by atoms with van der Waals surface area (Å²) in [6.45, 7) is 6.54. The van der Waals surface area contributed by atoms with Crippen LogP contribution in [0.5, 0.6) is 0 Å². The molecule has 9 heteroatoms. The molecule has 0 fully saturated rings. The number of hydrogen-bond donors (Lipinski definition) is 3. The molecule has 192 valence electrons. The highest BCUT2D eigenvalue weighted by molar-refractivity contribution is 6.03. The number of fused-ring (bicyclic) bond motifs is 2. The Hall–Kier alpha value is -4.40. The first-order valence-corrected chi connectivity index (χ1v) is 11.9. The number of amides is 2. The minimum Gasteiger partial charge on any atom is -0.480 e. The molecule has 0 aliphatic heterocycles. The van der Waals surface area contributed by atoms with Gasteiger partial charge in [0.25, 0.3) is 0 Å². The lowest BCUT2D eigenvalue weighted by Crippen LogP contribution is -2.48. The van der Waals surface area contributed by atoms with E-state index in [-0.39, 0.29) is 17.9 Å². The monoisotopic (exact) mass is 504 g/mol. The summed E-state index contributed by atoms with van der Waals surface area (Å²) < 4.78 is 11.5. The van der Waals surface area contributed by atoms with Gasteiger partial charge in [0.2, 0.25) is 11.8 Å². The quantitative estimate of drug-likeness (QED) is 0.311. The molecule has 0 radical (unpaired) electrons. The molecule has 4 rings (SSSR count). The average Bonchev–Trinajstić information content (AvgIpc) is 3.17. The van der Waals surface area contributed by atoms with Crippen LogP contribution in [-0.4, -0.2) is 35.5 Å². The molecule has 0 aliphatic carbocycles. The highest BCUT2D eigenvalue weighted by atomic mass is 16.4. The number of hydrogen-bond acceptors (Lipinski definition) is 6. The van der Waals surface area contributed by atoms with Gasteiger partial charge in [-0.15, -0.1) is 0 Å². The molecule has 2 amide bonds. The number of carboxylic acids is 1. The normalized spacial score (nSPS) is 12.1. The number of carbonyl (C=O) groups excluding carboxylic acids is 2. The van der Waals surface area contributed by atoms with Crippen LogP contribution in [0.15, 0.2) is 56.1 Å². The van der Waals surface area contributed by atoms with Crippen molar-refractivity contribution in [2.24, 2.45) is 5.92 Å². The zero-order valence-corrected chi connectivity index (χ0v) is 21.0. The SMILES string of the molecule is Cc1oc2cc3oc(=O)c(CC(=O)NCC(=O)NC(C(=O)O)C(C)C)c(C)c3cc2c1-c1ccccc1. The van der Waals surface area contributed by atoms with Gasteiger partial charge in [0.1, 0.15) is 23.0 Å². The molecule has 2 aromatic heterocycles. The van der Waals surface area contributed by atoms with Gasteiger partial charge in [0.15, 0.2) is 0 Å². The number of carboxylic acid groups (broad SMARTS) is 1. The summed E-state index contributed by atoms with van der Waals surface area (Å²) in [7, 11) is 0.